The fourth-order valence-corrected chi connectivity index (χ4v) is 7.12. The van der Waals surface area contributed by atoms with Gasteiger partial charge in [-0.2, -0.15) is 0 Å². The minimum Gasteiger partial charge on any atom is -0.401 e. The molecule has 2 atom stereocenters. The van der Waals surface area contributed by atoms with Crippen molar-refractivity contribution >= 4 is 23.4 Å². The molecule has 0 spiro atoms. The molecule has 3 aliphatic rings. The van der Waals surface area contributed by atoms with E-state index in [0.29, 0.717) is 50.0 Å². The molecule has 1 heterocycles. The maximum Gasteiger partial charge on any atom is 0.245 e. The standard InChI is InChI=1S/C33H44N4O3.C5H12N2.C2H6/c1-2-31(38)35-29(22-25-12-15-27(16-13-25)34-32(39)23-24-8-4-3-5-9-24)33(40)37-20-18-36(19-21-37)30-17-14-26-10-6-7-11-28(26)30;1-5(6)4-7(2)3;1-2/h6-7,10-13,15-16,24,29-30H,2-5,8-9,14,17-23H2,1H3,(H,34,39)(H,35,38);1,4,6H2,2-3H3;1-2H3. The molecule has 1 aliphatic heterocycles. The lowest BCUT2D eigenvalue weighted by atomic mass is 9.87. The molecule has 0 radical (unpaired) electrons. The highest BCUT2D eigenvalue weighted by atomic mass is 16.2. The van der Waals surface area contributed by atoms with Gasteiger partial charge in [0.05, 0.1) is 0 Å². The maximum atomic E-state index is 13.6. The van der Waals surface area contributed by atoms with Crippen LogP contribution >= 0.6 is 0 Å². The molecule has 49 heavy (non-hydrogen) atoms. The Morgan fingerprint density at radius 2 is 1.57 bits per heavy atom. The van der Waals surface area contributed by atoms with Gasteiger partial charge in [-0.05, 0) is 74.5 Å². The minimum absolute atomic E-state index is 0.0156. The molecule has 4 N–H and O–H groups in total. The molecule has 9 nitrogen and oxygen atoms in total. The summed E-state index contributed by atoms with van der Waals surface area (Å²) in [5, 5.41) is 6.00. The topological polar surface area (TPSA) is 111 Å². The number of nitrogens with two attached hydrogens (primary N) is 1. The predicted molar refractivity (Wildman–Crippen MR) is 201 cm³/mol. The van der Waals surface area contributed by atoms with Gasteiger partial charge in [0.2, 0.25) is 17.7 Å². The number of fused-ring (bicyclic) bond motifs is 1. The number of hydrogen-bond donors (Lipinski definition) is 3. The van der Waals surface area contributed by atoms with Crippen molar-refractivity contribution in [2.24, 2.45) is 11.7 Å². The van der Waals surface area contributed by atoms with Crippen LogP contribution in [0.15, 0.2) is 60.8 Å². The molecule has 0 bridgehead atoms. The number of likely N-dealkylation sites (N-methyl/N-ethyl adjacent to an activating group) is 1. The van der Waals surface area contributed by atoms with Gasteiger partial charge in [0.25, 0.3) is 0 Å². The highest BCUT2D eigenvalue weighted by molar-refractivity contribution is 5.91. The van der Waals surface area contributed by atoms with E-state index in [1.165, 1.54) is 30.4 Å². The second-order valence-electron chi connectivity index (χ2n) is 13.6. The number of anilines is 1. The van der Waals surface area contributed by atoms with E-state index < -0.39 is 6.04 Å². The lowest BCUT2D eigenvalue weighted by Gasteiger charge is -2.39. The van der Waals surface area contributed by atoms with Gasteiger partial charge < -0.3 is 26.2 Å². The van der Waals surface area contributed by atoms with Gasteiger partial charge >= 0.3 is 0 Å². The van der Waals surface area contributed by atoms with E-state index in [2.05, 4.69) is 46.4 Å². The monoisotopic (exact) mass is 674 g/mol. The minimum atomic E-state index is -0.599. The number of nitrogens with one attached hydrogen (secondary N) is 2. The van der Waals surface area contributed by atoms with Crippen molar-refractivity contribution in [2.45, 2.75) is 97.1 Å². The van der Waals surface area contributed by atoms with Gasteiger partial charge in [0.15, 0.2) is 0 Å². The van der Waals surface area contributed by atoms with Crippen LogP contribution in [0.25, 0.3) is 0 Å². The van der Waals surface area contributed by atoms with E-state index in [0.717, 1.165) is 56.6 Å². The van der Waals surface area contributed by atoms with Gasteiger partial charge in [-0.25, -0.2) is 0 Å². The van der Waals surface area contributed by atoms with Gasteiger partial charge in [0.1, 0.15) is 6.04 Å². The number of carbonyl (C=O) groups excluding carboxylic acids is 3. The van der Waals surface area contributed by atoms with Crippen molar-refractivity contribution < 1.29 is 14.4 Å². The van der Waals surface area contributed by atoms with Gasteiger partial charge in [-0.1, -0.05) is 83.0 Å². The molecule has 5 rings (SSSR count). The number of rotatable bonds is 11. The van der Waals surface area contributed by atoms with E-state index in [-0.39, 0.29) is 17.7 Å². The third kappa shape index (κ3) is 12.9. The second-order valence-corrected chi connectivity index (χ2v) is 13.6. The first-order chi connectivity index (χ1) is 23.6. The molecule has 270 valence electrons. The molecule has 0 aromatic heterocycles. The van der Waals surface area contributed by atoms with Crippen LogP contribution in [0.5, 0.6) is 0 Å². The van der Waals surface area contributed by atoms with Crippen molar-refractivity contribution in [2.75, 3.05) is 52.1 Å². The van der Waals surface area contributed by atoms with Gasteiger partial charge in [-0.15, -0.1) is 0 Å². The zero-order valence-electron chi connectivity index (χ0n) is 30.8. The fourth-order valence-electron chi connectivity index (χ4n) is 7.12. The number of hydrogen-bond acceptors (Lipinski definition) is 6. The van der Waals surface area contributed by atoms with E-state index in [1.54, 1.807) is 6.92 Å². The van der Waals surface area contributed by atoms with Gasteiger partial charge in [-0.3, -0.25) is 19.3 Å². The highest BCUT2D eigenvalue weighted by Gasteiger charge is 2.33. The molecule has 2 unspecified atom stereocenters. The Balaban J connectivity index is 0.000000644. The molecule has 3 amide bonds. The van der Waals surface area contributed by atoms with Crippen LogP contribution in [-0.4, -0.2) is 85.3 Å². The Labute approximate surface area is 295 Å². The van der Waals surface area contributed by atoms with Gasteiger partial charge in [0, 0.05) is 69.4 Å². The molecule has 2 aliphatic carbocycles. The normalized spacial score (nSPS) is 18.2. The largest absolute Gasteiger partial charge is 0.401 e. The molecular weight excluding hydrogens is 612 g/mol. The number of amides is 3. The summed E-state index contributed by atoms with van der Waals surface area (Å²) >= 11 is 0. The first kappa shape index (κ1) is 39.7. The SMILES string of the molecule is C=C(N)CN(C)C.CC.CCC(=O)NC(Cc1ccc(NC(=O)CC2CCCCC2)cc1)C(=O)N1CCN(C2CCc3ccccc32)CC1. The zero-order chi connectivity index (χ0) is 35.8. The number of nitrogens with zero attached hydrogens (tertiary/aromatic N) is 3. The van der Waals surface area contributed by atoms with E-state index in [1.807, 2.05) is 62.0 Å². The molecule has 9 heteroatoms. The molecule has 1 saturated heterocycles. The average Bonchev–Trinajstić information content (AvgIpc) is 3.54. The van der Waals surface area contributed by atoms with Crippen LogP contribution in [0.3, 0.4) is 0 Å². The fraction of sp³-hybridized carbons (Fsp3) is 0.575. The molecule has 2 aromatic rings. The highest BCUT2D eigenvalue weighted by Crippen LogP contribution is 2.36. The van der Waals surface area contributed by atoms with Crippen LogP contribution in [0.4, 0.5) is 5.69 Å². The summed E-state index contributed by atoms with van der Waals surface area (Å²) in [5.41, 5.74) is 10.6. The smallest absolute Gasteiger partial charge is 0.245 e. The number of benzene rings is 2. The van der Waals surface area contributed by atoms with Crippen LogP contribution in [-0.2, 0) is 27.2 Å². The van der Waals surface area contributed by atoms with Crippen LogP contribution in [0, 0.1) is 5.92 Å². The Hall–Kier alpha value is -3.69. The summed E-state index contributed by atoms with van der Waals surface area (Å²) in [6, 6.07) is 16.2. The molecule has 2 aromatic carbocycles. The van der Waals surface area contributed by atoms with Crippen molar-refractivity contribution in [1.82, 2.24) is 20.0 Å². The number of piperazine rings is 1. The Kier molecular flexibility index (Phi) is 16.8. The summed E-state index contributed by atoms with van der Waals surface area (Å²) < 4.78 is 0. The zero-order valence-corrected chi connectivity index (χ0v) is 30.8. The van der Waals surface area contributed by atoms with Crippen molar-refractivity contribution in [3.63, 3.8) is 0 Å². The molecule has 2 fully saturated rings. The first-order valence-corrected chi connectivity index (χ1v) is 18.5. The van der Waals surface area contributed by atoms with Crippen LogP contribution in [0.1, 0.15) is 94.9 Å². The maximum absolute atomic E-state index is 13.6. The Morgan fingerprint density at radius 1 is 0.918 bits per heavy atom. The summed E-state index contributed by atoms with van der Waals surface area (Å²) in [4.78, 5) is 44.9. The third-order valence-electron chi connectivity index (χ3n) is 9.52. The van der Waals surface area contributed by atoms with Crippen molar-refractivity contribution in [3.05, 3.63) is 77.5 Å². The lowest BCUT2D eigenvalue weighted by Crippen LogP contribution is -2.55. The van der Waals surface area contributed by atoms with Crippen molar-refractivity contribution in [3.8, 4) is 0 Å². The van der Waals surface area contributed by atoms with E-state index in [9.17, 15) is 14.4 Å². The summed E-state index contributed by atoms with van der Waals surface area (Å²) in [5.74, 6) is 0.435. The van der Waals surface area contributed by atoms with E-state index >= 15 is 0 Å². The Morgan fingerprint density at radius 3 is 2.16 bits per heavy atom. The molecular formula is C40H62N6O3. The summed E-state index contributed by atoms with van der Waals surface area (Å²) in [7, 11) is 3.91. The predicted octanol–water partition coefficient (Wildman–Crippen LogP) is 5.91. The average molecular weight is 675 g/mol. The van der Waals surface area contributed by atoms with Crippen LogP contribution in [0.2, 0.25) is 0 Å². The summed E-state index contributed by atoms with van der Waals surface area (Å²) in [6.45, 7) is 13.1. The second kappa shape index (κ2) is 20.7. The quantitative estimate of drug-likeness (QED) is 0.273. The first-order valence-electron chi connectivity index (χ1n) is 18.5. The lowest BCUT2D eigenvalue weighted by molar-refractivity contribution is -0.138. The molecule has 1 saturated carbocycles. The third-order valence-corrected chi connectivity index (χ3v) is 9.52. The van der Waals surface area contributed by atoms with Crippen molar-refractivity contribution in [1.29, 1.82) is 0 Å². The number of aryl methyl sites for hydroxylation is 1. The van der Waals surface area contributed by atoms with E-state index in [4.69, 9.17) is 5.73 Å². The van der Waals surface area contributed by atoms with Crippen LogP contribution < -0.4 is 16.4 Å². The number of carbonyl (C=O) groups is 3. The Bertz CT molecular complexity index is 1330. The summed E-state index contributed by atoms with van der Waals surface area (Å²) in [6.07, 6.45) is 9.64.